The minimum absolute atomic E-state index is 0.0779. The van der Waals surface area contributed by atoms with Crippen molar-refractivity contribution < 1.29 is 14.4 Å². The van der Waals surface area contributed by atoms with Crippen molar-refractivity contribution in [3.63, 3.8) is 0 Å². The molecule has 1 radical (unpaired) electrons. The summed E-state index contributed by atoms with van der Waals surface area (Å²) in [6.07, 6.45) is 0. The first kappa shape index (κ1) is 12.3. The molecule has 0 atom stereocenters. The van der Waals surface area contributed by atoms with E-state index in [0.29, 0.717) is 5.46 Å². The van der Waals surface area contributed by atoms with Crippen LogP contribution in [-0.2, 0) is 0 Å². The van der Waals surface area contributed by atoms with E-state index in [1.165, 1.54) is 6.07 Å². The Bertz CT molecular complexity index is 348. The van der Waals surface area contributed by atoms with Crippen molar-refractivity contribution in [3.05, 3.63) is 24.0 Å². The van der Waals surface area contributed by atoms with Gasteiger partial charge in [-0.1, -0.05) is 37.6 Å². The van der Waals surface area contributed by atoms with Crippen molar-refractivity contribution in [1.29, 1.82) is 0 Å². The Labute approximate surface area is 90.5 Å². The summed E-state index contributed by atoms with van der Waals surface area (Å²) in [6, 6.07) is 4.06. The monoisotopic (exact) mass is 207 g/mol. The molecule has 79 valence electrons. The zero-order valence-corrected chi connectivity index (χ0v) is 9.16. The zero-order valence-electron chi connectivity index (χ0n) is 9.16. The van der Waals surface area contributed by atoms with Crippen molar-refractivity contribution in [2.45, 2.75) is 26.1 Å². The Hall–Kier alpha value is -0.800. The van der Waals surface area contributed by atoms with Crippen LogP contribution in [0.25, 0.3) is 0 Å². The van der Waals surface area contributed by atoms with Gasteiger partial charge >= 0.3 is 7.12 Å². The lowest BCUT2D eigenvalue weighted by atomic mass is 9.51. The van der Waals surface area contributed by atoms with Gasteiger partial charge in [-0.25, -0.2) is 4.39 Å². The van der Waals surface area contributed by atoms with Crippen molar-refractivity contribution in [2.75, 3.05) is 0 Å². The molecule has 0 saturated heterocycles. The standard InChI is InChI=1S/C10H14B2FO2/c1-10(2,3)11-7-4-8(12(14)15)6-9(13)5-7/h4-6,14-15H,1-3H3. The van der Waals surface area contributed by atoms with Crippen molar-refractivity contribution in [3.8, 4) is 0 Å². The highest BCUT2D eigenvalue weighted by Gasteiger charge is 2.17. The van der Waals surface area contributed by atoms with Gasteiger partial charge < -0.3 is 10.0 Å². The van der Waals surface area contributed by atoms with Gasteiger partial charge in [0, 0.05) is 0 Å². The number of hydrogen-bond donors (Lipinski definition) is 2. The maximum absolute atomic E-state index is 13.1. The summed E-state index contributed by atoms with van der Waals surface area (Å²) in [5, 5.41) is 17.8. The lowest BCUT2D eigenvalue weighted by molar-refractivity contribution is 0.425. The third-order valence-electron chi connectivity index (χ3n) is 1.84. The number of benzene rings is 1. The average Bonchev–Trinajstić information content (AvgIpc) is 1.99. The van der Waals surface area contributed by atoms with Crippen LogP contribution in [0.1, 0.15) is 20.8 Å². The van der Waals surface area contributed by atoms with Crippen molar-refractivity contribution >= 4 is 25.3 Å². The fraction of sp³-hybridized carbons (Fsp3) is 0.400. The fourth-order valence-electron chi connectivity index (χ4n) is 1.37. The molecule has 0 aliphatic carbocycles. The van der Waals surface area contributed by atoms with Gasteiger partial charge in [-0.15, -0.1) is 0 Å². The summed E-state index contributed by atoms with van der Waals surface area (Å²) >= 11 is 0. The molecule has 0 aliphatic heterocycles. The Morgan fingerprint density at radius 1 is 1.20 bits per heavy atom. The van der Waals surface area contributed by atoms with E-state index in [2.05, 4.69) is 0 Å². The van der Waals surface area contributed by atoms with E-state index in [0.717, 1.165) is 6.07 Å². The van der Waals surface area contributed by atoms with Gasteiger partial charge in [-0.05, 0) is 17.6 Å². The molecule has 15 heavy (non-hydrogen) atoms. The molecular weight excluding hydrogens is 193 g/mol. The Morgan fingerprint density at radius 3 is 2.27 bits per heavy atom. The summed E-state index contributed by atoms with van der Waals surface area (Å²) in [4.78, 5) is 0. The molecule has 1 aromatic carbocycles. The first-order valence-electron chi connectivity index (χ1n) is 4.80. The first-order valence-corrected chi connectivity index (χ1v) is 4.80. The molecule has 0 amide bonds. The quantitative estimate of drug-likeness (QED) is 0.672. The molecule has 0 aromatic heterocycles. The van der Waals surface area contributed by atoms with Crippen LogP contribution in [0.3, 0.4) is 0 Å². The third-order valence-corrected chi connectivity index (χ3v) is 1.84. The minimum Gasteiger partial charge on any atom is -0.423 e. The van der Waals surface area contributed by atoms with Crippen LogP contribution in [0, 0.1) is 5.82 Å². The highest BCUT2D eigenvalue weighted by atomic mass is 19.1. The van der Waals surface area contributed by atoms with Gasteiger partial charge in [0.25, 0.3) is 0 Å². The summed E-state index contributed by atoms with van der Waals surface area (Å²) in [5.41, 5.74) is 0.830. The molecule has 0 aliphatic rings. The molecule has 1 rings (SSSR count). The largest absolute Gasteiger partial charge is 0.488 e. The molecular formula is C10H14B2FO2. The predicted octanol–water partition coefficient (Wildman–Crippen LogP) is 0.0534. The Morgan fingerprint density at radius 2 is 1.80 bits per heavy atom. The highest BCUT2D eigenvalue weighted by Crippen LogP contribution is 2.19. The topological polar surface area (TPSA) is 40.5 Å². The maximum atomic E-state index is 13.1. The SMILES string of the molecule is CC(C)(C)[B]c1cc(F)cc(B(O)O)c1. The van der Waals surface area contributed by atoms with Crippen LogP contribution in [0.15, 0.2) is 18.2 Å². The van der Waals surface area contributed by atoms with Crippen LogP contribution in [-0.4, -0.2) is 24.4 Å². The molecule has 2 N–H and O–H groups in total. The van der Waals surface area contributed by atoms with Crippen LogP contribution < -0.4 is 10.9 Å². The van der Waals surface area contributed by atoms with Crippen molar-refractivity contribution in [1.82, 2.24) is 0 Å². The molecule has 0 fully saturated rings. The molecule has 0 unspecified atom stereocenters. The second-order valence-electron chi connectivity index (χ2n) is 4.70. The second-order valence-corrected chi connectivity index (χ2v) is 4.70. The summed E-state index contributed by atoms with van der Waals surface area (Å²) < 4.78 is 13.1. The van der Waals surface area contributed by atoms with E-state index in [9.17, 15) is 4.39 Å². The molecule has 1 aromatic rings. The van der Waals surface area contributed by atoms with Gasteiger partial charge in [-0.3, -0.25) is 0 Å². The summed E-state index contributed by atoms with van der Waals surface area (Å²) in [5.74, 6) is -0.462. The first-order chi connectivity index (χ1) is 6.78. The number of rotatable bonds is 2. The lowest BCUT2D eigenvalue weighted by Crippen LogP contribution is -2.35. The van der Waals surface area contributed by atoms with E-state index >= 15 is 0 Å². The maximum Gasteiger partial charge on any atom is 0.488 e. The van der Waals surface area contributed by atoms with E-state index in [1.54, 1.807) is 6.07 Å². The smallest absolute Gasteiger partial charge is 0.423 e. The van der Waals surface area contributed by atoms with Gasteiger partial charge in [-0.2, -0.15) is 0 Å². The van der Waals surface area contributed by atoms with Crippen LogP contribution >= 0.6 is 0 Å². The van der Waals surface area contributed by atoms with E-state index in [4.69, 9.17) is 10.0 Å². The Kier molecular flexibility index (Phi) is 3.58. The normalized spacial score (nSPS) is 11.3. The molecule has 5 heteroatoms. The zero-order chi connectivity index (χ0) is 11.6. The fourth-order valence-corrected chi connectivity index (χ4v) is 1.37. The number of halogens is 1. The van der Waals surface area contributed by atoms with Crippen LogP contribution in [0.4, 0.5) is 4.39 Å². The van der Waals surface area contributed by atoms with Gasteiger partial charge in [0.05, 0.1) is 0 Å². The van der Waals surface area contributed by atoms with E-state index in [-0.39, 0.29) is 10.8 Å². The van der Waals surface area contributed by atoms with E-state index in [1.807, 2.05) is 28.1 Å². The predicted molar refractivity (Wildman–Crippen MR) is 61.3 cm³/mol. The average molecular weight is 207 g/mol. The van der Waals surface area contributed by atoms with Gasteiger partial charge in [0.15, 0.2) is 7.28 Å². The molecule has 0 spiro atoms. The van der Waals surface area contributed by atoms with Gasteiger partial charge in [0.2, 0.25) is 0 Å². The second kappa shape index (κ2) is 4.37. The minimum atomic E-state index is -1.63. The lowest BCUT2D eigenvalue weighted by Gasteiger charge is -2.17. The number of hydrogen-bond acceptors (Lipinski definition) is 2. The molecule has 0 saturated carbocycles. The van der Waals surface area contributed by atoms with E-state index < -0.39 is 12.9 Å². The summed E-state index contributed by atoms with van der Waals surface area (Å²) in [6.45, 7) is 5.98. The Balaban J connectivity index is 2.99. The highest BCUT2D eigenvalue weighted by molar-refractivity contribution is 6.61. The van der Waals surface area contributed by atoms with Crippen molar-refractivity contribution in [2.24, 2.45) is 0 Å². The van der Waals surface area contributed by atoms with Crippen LogP contribution in [0.2, 0.25) is 5.31 Å². The van der Waals surface area contributed by atoms with Gasteiger partial charge in [0.1, 0.15) is 5.82 Å². The molecule has 0 bridgehead atoms. The third kappa shape index (κ3) is 4.06. The molecule has 0 heterocycles. The summed E-state index contributed by atoms with van der Waals surface area (Å²) in [7, 11) is 0.245. The molecule has 2 nitrogen and oxygen atoms in total. The van der Waals surface area contributed by atoms with Crippen LogP contribution in [0.5, 0.6) is 0 Å².